The summed E-state index contributed by atoms with van der Waals surface area (Å²) >= 11 is 0. The number of hydrogen-bond acceptors (Lipinski definition) is 3. The Morgan fingerprint density at radius 3 is 2.74 bits per heavy atom. The number of carbonyl (C=O) groups is 2. The van der Waals surface area contributed by atoms with Crippen molar-refractivity contribution in [1.29, 1.82) is 0 Å². The van der Waals surface area contributed by atoms with Gasteiger partial charge in [0.05, 0.1) is 0 Å². The summed E-state index contributed by atoms with van der Waals surface area (Å²) < 4.78 is 0. The second kappa shape index (κ2) is 5.90. The van der Waals surface area contributed by atoms with Crippen LogP contribution in [0.3, 0.4) is 0 Å². The zero-order chi connectivity index (χ0) is 14.0. The lowest BCUT2D eigenvalue weighted by molar-refractivity contribution is -0.150. The Balaban J connectivity index is 2.06. The number of carboxylic acid groups (broad SMARTS) is 1. The molecule has 0 bridgehead atoms. The molecule has 108 valence electrons. The van der Waals surface area contributed by atoms with Gasteiger partial charge in [0.1, 0.15) is 6.04 Å². The zero-order valence-corrected chi connectivity index (χ0v) is 11.5. The maximum atomic E-state index is 12.3. The van der Waals surface area contributed by atoms with E-state index in [9.17, 15) is 14.7 Å². The minimum atomic E-state index is -0.844. The van der Waals surface area contributed by atoms with E-state index in [2.05, 4.69) is 0 Å². The molecule has 4 atom stereocenters. The highest BCUT2D eigenvalue weighted by Gasteiger charge is 2.49. The van der Waals surface area contributed by atoms with Crippen LogP contribution in [0.15, 0.2) is 0 Å². The monoisotopic (exact) mass is 268 g/mol. The fraction of sp³-hybridized carbons (Fsp3) is 0.857. The Morgan fingerprint density at radius 2 is 2.16 bits per heavy atom. The standard InChI is InChI=1S/C14H24N2O3/c1-2-9(7-15)6-12(17)16-8-10-4-3-5-11(10)13(16)14(18)19/h9-11,13H,2-8,15H2,1H3,(H,18,19). The topological polar surface area (TPSA) is 83.6 Å². The molecule has 0 aromatic heterocycles. The van der Waals surface area contributed by atoms with Gasteiger partial charge in [0.15, 0.2) is 0 Å². The highest BCUT2D eigenvalue weighted by atomic mass is 16.4. The van der Waals surface area contributed by atoms with Crippen LogP contribution in [0.1, 0.15) is 39.0 Å². The molecular formula is C14H24N2O3. The number of nitrogens with two attached hydrogens (primary N) is 1. The van der Waals surface area contributed by atoms with Gasteiger partial charge in [-0.25, -0.2) is 4.79 Å². The summed E-state index contributed by atoms with van der Waals surface area (Å²) in [5, 5.41) is 9.41. The van der Waals surface area contributed by atoms with Crippen LogP contribution in [-0.2, 0) is 9.59 Å². The number of fused-ring (bicyclic) bond motifs is 1. The first-order valence-corrected chi connectivity index (χ1v) is 7.30. The van der Waals surface area contributed by atoms with E-state index in [0.29, 0.717) is 25.4 Å². The molecule has 0 aromatic rings. The molecule has 3 N–H and O–H groups in total. The summed E-state index contributed by atoms with van der Waals surface area (Å²) in [5.74, 6) is -0.146. The number of amides is 1. The lowest BCUT2D eigenvalue weighted by Gasteiger charge is -2.26. The van der Waals surface area contributed by atoms with Crippen molar-refractivity contribution in [2.45, 2.75) is 45.1 Å². The molecule has 0 spiro atoms. The molecule has 4 unspecified atom stereocenters. The van der Waals surface area contributed by atoms with E-state index in [-0.39, 0.29) is 17.7 Å². The number of nitrogens with zero attached hydrogens (tertiary/aromatic N) is 1. The summed E-state index contributed by atoms with van der Waals surface area (Å²) in [6, 6.07) is -0.602. The van der Waals surface area contributed by atoms with Gasteiger partial charge in [-0.05, 0) is 37.1 Å². The Kier molecular flexibility index (Phi) is 4.45. The van der Waals surface area contributed by atoms with E-state index in [0.717, 1.165) is 25.7 Å². The van der Waals surface area contributed by atoms with Crippen molar-refractivity contribution in [1.82, 2.24) is 4.90 Å². The lowest BCUT2D eigenvalue weighted by atomic mass is 9.94. The van der Waals surface area contributed by atoms with Crippen LogP contribution >= 0.6 is 0 Å². The second-order valence-corrected chi connectivity index (χ2v) is 5.90. The number of likely N-dealkylation sites (tertiary alicyclic amines) is 1. The van der Waals surface area contributed by atoms with Crippen molar-refractivity contribution < 1.29 is 14.7 Å². The predicted molar refractivity (Wildman–Crippen MR) is 71.4 cm³/mol. The van der Waals surface area contributed by atoms with Gasteiger partial charge in [0.25, 0.3) is 0 Å². The lowest BCUT2D eigenvalue weighted by Crippen LogP contribution is -2.44. The van der Waals surface area contributed by atoms with Crippen molar-refractivity contribution in [2.75, 3.05) is 13.1 Å². The van der Waals surface area contributed by atoms with E-state index in [1.807, 2.05) is 6.92 Å². The summed E-state index contributed by atoms with van der Waals surface area (Å²) in [4.78, 5) is 25.4. The van der Waals surface area contributed by atoms with Crippen LogP contribution in [-0.4, -0.2) is 41.0 Å². The first-order chi connectivity index (χ1) is 9.08. The van der Waals surface area contributed by atoms with Gasteiger partial charge in [0, 0.05) is 13.0 Å². The Morgan fingerprint density at radius 1 is 1.42 bits per heavy atom. The highest BCUT2D eigenvalue weighted by Crippen LogP contribution is 2.42. The van der Waals surface area contributed by atoms with E-state index in [1.165, 1.54) is 0 Å². The minimum Gasteiger partial charge on any atom is -0.480 e. The van der Waals surface area contributed by atoms with Crippen LogP contribution in [0, 0.1) is 17.8 Å². The predicted octanol–water partition coefficient (Wildman–Crippen LogP) is 1.07. The molecule has 2 rings (SSSR count). The molecule has 0 aromatic carbocycles. The molecule has 19 heavy (non-hydrogen) atoms. The molecule has 1 aliphatic carbocycles. The fourth-order valence-corrected chi connectivity index (χ4v) is 3.64. The Labute approximate surface area is 114 Å². The molecule has 1 aliphatic heterocycles. The van der Waals surface area contributed by atoms with Crippen molar-refractivity contribution >= 4 is 11.9 Å². The number of rotatable bonds is 5. The van der Waals surface area contributed by atoms with Gasteiger partial charge in [-0.15, -0.1) is 0 Å². The van der Waals surface area contributed by atoms with E-state index in [1.54, 1.807) is 4.90 Å². The third kappa shape index (κ3) is 2.76. The van der Waals surface area contributed by atoms with Gasteiger partial charge in [-0.2, -0.15) is 0 Å². The van der Waals surface area contributed by atoms with Crippen molar-refractivity contribution in [3.8, 4) is 0 Å². The minimum absolute atomic E-state index is 0.0286. The summed E-state index contributed by atoms with van der Waals surface area (Å²) in [6.45, 7) is 3.13. The van der Waals surface area contributed by atoms with Gasteiger partial charge in [-0.3, -0.25) is 4.79 Å². The molecule has 0 radical (unpaired) electrons. The average Bonchev–Trinajstić information content (AvgIpc) is 2.94. The Hall–Kier alpha value is -1.10. The number of aliphatic carboxylic acids is 1. The third-order valence-corrected chi connectivity index (χ3v) is 4.84. The molecule has 2 fully saturated rings. The normalized spacial score (nSPS) is 31.3. The summed E-state index contributed by atoms with van der Waals surface area (Å²) in [6.07, 6.45) is 4.35. The zero-order valence-electron chi connectivity index (χ0n) is 11.5. The van der Waals surface area contributed by atoms with Crippen molar-refractivity contribution in [2.24, 2.45) is 23.5 Å². The molecule has 1 amide bonds. The van der Waals surface area contributed by atoms with E-state index >= 15 is 0 Å². The fourth-order valence-electron chi connectivity index (χ4n) is 3.64. The molecule has 5 heteroatoms. The first kappa shape index (κ1) is 14.3. The largest absolute Gasteiger partial charge is 0.480 e. The van der Waals surface area contributed by atoms with Crippen LogP contribution in [0.25, 0.3) is 0 Å². The molecule has 1 saturated heterocycles. The molecule has 2 aliphatic rings. The van der Waals surface area contributed by atoms with Gasteiger partial charge < -0.3 is 15.7 Å². The Bertz CT molecular complexity index is 355. The van der Waals surface area contributed by atoms with Gasteiger partial charge in [0.2, 0.25) is 5.91 Å². The van der Waals surface area contributed by atoms with Crippen LogP contribution in [0.5, 0.6) is 0 Å². The van der Waals surface area contributed by atoms with Crippen molar-refractivity contribution in [3.63, 3.8) is 0 Å². The molecule has 1 heterocycles. The molecule has 5 nitrogen and oxygen atoms in total. The third-order valence-electron chi connectivity index (χ3n) is 4.84. The van der Waals surface area contributed by atoms with Crippen LogP contribution < -0.4 is 5.73 Å². The maximum Gasteiger partial charge on any atom is 0.326 e. The second-order valence-electron chi connectivity index (χ2n) is 5.90. The van der Waals surface area contributed by atoms with Crippen molar-refractivity contribution in [3.05, 3.63) is 0 Å². The van der Waals surface area contributed by atoms with E-state index < -0.39 is 12.0 Å². The summed E-state index contributed by atoms with van der Waals surface area (Å²) in [5.41, 5.74) is 5.63. The van der Waals surface area contributed by atoms with E-state index in [4.69, 9.17) is 5.73 Å². The smallest absolute Gasteiger partial charge is 0.326 e. The number of carboxylic acids is 1. The first-order valence-electron chi connectivity index (χ1n) is 7.30. The van der Waals surface area contributed by atoms with Gasteiger partial charge in [-0.1, -0.05) is 19.8 Å². The number of carbonyl (C=O) groups excluding carboxylic acids is 1. The molecular weight excluding hydrogens is 244 g/mol. The number of hydrogen-bond donors (Lipinski definition) is 2. The van der Waals surface area contributed by atoms with Crippen LogP contribution in [0.4, 0.5) is 0 Å². The molecule has 1 saturated carbocycles. The SMILES string of the molecule is CCC(CN)CC(=O)N1CC2CCCC2C1C(=O)O. The average molecular weight is 268 g/mol. The quantitative estimate of drug-likeness (QED) is 0.781. The van der Waals surface area contributed by atoms with Gasteiger partial charge >= 0.3 is 5.97 Å². The summed E-state index contributed by atoms with van der Waals surface area (Å²) in [7, 11) is 0. The maximum absolute atomic E-state index is 12.3. The highest BCUT2D eigenvalue weighted by molar-refractivity contribution is 5.85. The van der Waals surface area contributed by atoms with Crippen LogP contribution in [0.2, 0.25) is 0 Å².